The summed E-state index contributed by atoms with van der Waals surface area (Å²) in [7, 11) is 0. The lowest BCUT2D eigenvalue weighted by Crippen LogP contribution is -2.27. The van der Waals surface area contributed by atoms with Crippen molar-refractivity contribution < 1.29 is 0 Å². The zero-order valence-electron chi connectivity index (χ0n) is 11.4. The van der Waals surface area contributed by atoms with Gasteiger partial charge in [0, 0.05) is 26.9 Å². The van der Waals surface area contributed by atoms with Crippen LogP contribution < -0.4 is 5.32 Å². The number of nitrogens with one attached hydrogen (secondary N) is 1. The van der Waals surface area contributed by atoms with Crippen molar-refractivity contribution in [2.24, 2.45) is 0 Å². The Balaban J connectivity index is 1.61. The van der Waals surface area contributed by atoms with Crippen molar-refractivity contribution in [3.63, 3.8) is 0 Å². The third-order valence-electron chi connectivity index (χ3n) is 4.26. The molecule has 1 nitrogen and oxygen atoms in total. The number of aryl methyl sites for hydroxylation is 1. The summed E-state index contributed by atoms with van der Waals surface area (Å²) in [6.45, 7) is 0. The van der Waals surface area contributed by atoms with Crippen LogP contribution in [-0.4, -0.2) is 5.75 Å². The van der Waals surface area contributed by atoms with Crippen LogP contribution in [0.2, 0.25) is 9.36 Å². The Hall–Kier alpha value is -0.190. The number of halogens is 2. The van der Waals surface area contributed by atoms with Gasteiger partial charge in [0.1, 0.15) is 0 Å². The molecular weight excluding hydrogens is 341 g/mol. The third kappa shape index (κ3) is 2.75. The first kappa shape index (κ1) is 14.4. The predicted molar refractivity (Wildman–Crippen MR) is 93.1 cm³/mol. The third-order valence-corrected chi connectivity index (χ3v) is 6.96. The Labute approximate surface area is 143 Å². The van der Waals surface area contributed by atoms with Gasteiger partial charge in [-0.05, 0) is 60.4 Å². The number of fused-ring (bicyclic) bond motifs is 2. The Bertz CT molecular complexity index is 683. The van der Waals surface area contributed by atoms with Crippen molar-refractivity contribution in [3.8, 4) is 0 Å². The van der Waals surface area contributed by atoms with E-state index in [9.17, 15) is 0 Å². The SMILES string of the molecule is Clc1ccc2c(c1)C(NC1CCc3sc(Cl)cc31)CCS2. The minimum Gasteiger partial charge on any atom is -0.303 e. The quantitative estimate of drug-likeness (QED) is 0.722. The summed E-state index contributed by atoms with van der Waals surface area (Å²) in [5.74, 6) is 1.16. The number of thioether (sulfide) groups is 1. The van der Waals surface area contributed by atoms with E-state index in [1.54, 1.807) is 11.3 Å². The van der Waals surface area contributed by atoms with Gasteiger partial charge in [0.05, 0.1) is 4.34 Å². The second-order valence-corrected chi connectivity index (χ2v) is 8.90. The highest BCUT2D eigenvalue weighted by Crippen LogP contribution is 2.43. The average Bonchev–Trinajstić information content (AvgIpc) is 3.00. The van der Waals surface area contributed by atoms with Crippen LogP contribution in [-0.2, 0) is 6.42 Å². The van der Waals surface area contributed by atoms with E-state index in [0.29, 0.717) is 12.1 Å². The number of hydrogen-bond acceptors (Lipinski definition) is 3. The molecule has 1 aliphatic carbocycles. The second kappa shape index (κ2) is 5.78. The van der Waals surface area contributed by atoms with E-state index in [1.165, 1.54) is 27.3 Å². The molecule has 2 heterocycles. The molecule has 21 heavy (non-hydrogen) atoms. The van der Waals surface area contributed by atoms with Crippen LogP contribution in [0.5, 0.6) is 0 Å². The first-order valence-electron chi connectivity index (χ1n) is 7.17. The van der Waals surface area contributed by atoms with Crippen LogP contribution in [0.3, 0.4) is 0 Å². The highest BCUT2D eigenvalue weighted by Gasteiger charge is 2.29. The number of benzene rings is 1. The fourth-order valence-corrected chi connectivity index (χ4v) is 5.93. The number of hydrogen-bond donors (Lipinski definition) is 1. The van der Waals surface area contributed by atoms with E-state index in [2.05, 4.69) is 23.5 Å². The first-order valence-corrected chi connectivity index (χ1v) is 9.73. The fraction of sp³-hybridized carbons (Fsp3) is 0.375. The minimum absolute atomic E-state index is 0.398. The molecule has 2 unspecified atom stereocenters. The molecule has 1 aromatic carbocycles. The maximum absolute atomic E-state index is 6.19. The topological polar surface area (TPSA) is 12.0 Å². The van der Waals surface area contributed by atoms with E-state index >= 15 is 0 Å². The standard InChI is InChI=1S/C16H15Cl2NS2/c17-9-1-3-14-10(7-9)13(5-6-20-14)19-12-2-4-15-11(12)8-16(18)21-15/h1,3,7-8,12-13,19H,2,4-6H2. The molecule has 2 aliphatic rings. The van der Waals surface area contributed by atoms with Crippen molar-refractivity contribution in [1.29, 1.82) is 0 Å². The molecular formula is C16H15Cl2NS2. The van der Waals surface area contributed by atoms with Crippen molar-refractivity contribution in [3.05, 3.63) is 49.6 Å². The number of thiophene rings is 1. The molecule has 0 bridgehead atoms. The monoisotopic (exact) mass is 355 g/mol. The van der Waals surface area contributed by atoms with E-state index in [1.807, 2.05) is 17.8 Å². The van der Waals surface area contributed by atoms with Gasteiger partial charge in [0.2, 0.25) is 0 Å². The molecule has 2 aromatic rings. The molecule has 5 heteroatoms. The molecule has 1 aromatic heterocycles. The maximum atomic E-state index is 6.19. The summed E-state index contributed by atoms with van der Waals surface area (Å²) in [4.78, 5) is 2.82. The maximum Gasteiger partial charge on any atom is 0.0934 e. The molecule has 0 saturated heterocycles. The molecule has 1 N–H and O–H groups in total. The smallest absolute Gasteiger partial charge is 0.0934 e. The molecule has 0 saturated carbocycles. The lowest BCUT2D eigenvalue weighted by Gasteiger charge is -2.29. The van der Waals surface area contributed by atoms with Gasteiger partial charge < -0.3 is 5.32 Å². The highest BCUT2D eigenvalue weighted by atomic mass is 35.5. The summed E-state index contributed by atoms with van der Waals surface area (Å²) in [5, 5.41) is 4.67. The highest BCUT2D eigenvalue weighted by molar-refractivity contribution is 7.99. The van der Waals surface area contributed by atoms with Crippen molar-refractivity contribution in [2.75, 3.05) is 5.75 Å². The van der Waals surface area contributed by atoms with Crippen molar-refractivity contribution in [2.45, 2.75) is 36.2 Å². The average molecular weight is 356 g/mol. The van der Waals surface area contributed by atoms with Crippen LogP contribution in [0, 0.1) is 0 Å². The Kier molecular flexibility index (Phi) is 3.97. The van der Waals surface area contributed by atoms with E-state index < -0.39 is 0 Å². The van der Waals surface area contributed by atoms with Gasteiger partial charge in [-0.3, -0.25) is 0 Å². The van der Waals surface area contributed by atoms with Gasteiger partial charge in [-0.15, -0.1) is 23.1 Å². The zero-order chi connectivity index (χ0) is 14.4. The largest absolute Gasteiger partial charge is 0.303 e. The predicted octanol–water partition coefficient (Wildman–Crippen LogP) is 5.87. The molecule has 0 spiro atoms. The summed E-state index contributed by atoms with van der Waals surface area (Å²) < 4.78 is 0.911. The van der Waals surface area contributed by atoms with E-state index in [0.717, 1.165) is 28.0 Å². The normalized spacial score (nSPS) is 23.9. The molecule has 2 atom stereocenters. The van der Waals surface area contributed by atoms with Crippen LogP contribution >= 0.6 is 46.3 Å². The van der Waals surface area contributed by atoms with E-state index in [4.69, 9.17) is 23.2 Å². The van der Waals surface area contributed by atoms with Gasteiger partial charge in [0.15, 0.2) is 0 Å². The minimum atomic E-state index is 0.398. The van der Waals surface area contributed by atoms with Crippen molar-refractivity contribution in [1.82, 2.24) is 5.32 Å². The van der Waals surface area contributed by atoms with Gasteiger partial charge in [0.25, 0.3) is 0 Å². The van der Waals surface area contributed by atoms with Gasteiger partial charge in [-0.2, -0.15) is 0 Å². The van der Waals surface area contributed by atoms with Gasteiger partial charge >= 0.3 is 0 Å². The molecule has 0 amide bonds. The summed E-state index contributed by atoms with van der Waals surface area (Å²) in [5.41, 5.74) is 2.76. The zero-order valence-corrected chi connectivity index (χ0v) is 14.5. The Morgan fingerprint density at radius 2 is 1.90 bits per heavy atom. The van der Waals surface area contributed by atoms with Gasteiger partial charge in [-0.1, -0.05) is 23.2 Å². The number of rotatable bonds is 2. The Morgan fingerprint density at radius 3 is 2.81 bits per heavy atom. The second-order valence-electron chi connectivity index (χ2n) is 5.56. The molecule has 0 fully saturated rings. The van der Waals surface area contributed by atoms with E-state index in [-0.39, 0.29) is 0 Å². The molecule has 110 valence electrons. The van der Waals surface area contributed by atoms with Crippen LogP contribution in [0.15, 0.2) is 29.2 Å². The Morgan fingerprint density at radius 1 is 1.05 bits per heavy atom. The summed E-state index contributed by atoms with van der Waals surface area (Å²) >= 11 is 16.0. The summed E-state index contributed by atoms with van der Waals surface area (Å²) in [6, 6.07) is 9.23. The molecule has 0 radical (unpaired) electrons. The fourth-order valence-electron chi connectivity index (χ4n) is 3.28. The lowest BCUT2D eigenvalue weighted by atomic mass is 10.0. The van der Waals surface area contributed by atoms with Crippen molar-refractivity contribution >= 4 is 46.3 Å². The van der Waals surface area contributed by atoms with Crippen LogP contribution in [0.1, 0.15) is 40.9 Å². The van der Waals surface area contributed by atoms with Crippen LogP contribution in [0.4, 0.5) is 0 Å². The van der Waals surface area contributed by atoms with Crippen LogP contribution in [0.25, 0.3) is 0 Å². The molecule has 1 aliphatic heterocycles. The first-order chi connectivity index (χ1) is 10.2. The molecule has 4 rings (SSSR count). The van der Waals surface area contributed by atoms with Gasteiger partial charge in [-0.25, -0.2) is 0 Å². The lowest BCUT2D eigenvalue weighted by molar-refractivity contribution is 0.428. The summed E-state index contributed by atoms with van der Waals surface area (Å²) in [6.07, 6.45) is 3.48.